The quantitative estimate of drug-likeness (QED) is 0.602. The van der Waals surface area contributed by atoms with Crippen LogP contribution in [0.25, 0.3) is 10.9 Å². The Balaban J connectivity index is 1.69. The largest absolute Gasteiger partial charge is 0.514 e. The topological polar surface area (TPSA) is 93.3 Å². The molecule has 1 aliphatic heterocycles. The summed E-state index contributed by atoms with van der Waals surface area (Å²) in [5.74, 6) is 1.04. The third kappa shape index (κ3) is 4.09. The van der Waals surface area contributed by atoms with Gasteiger partial charge in [0.25, 0.3) is 0 Å². The first kappa shape index (κ1) is 18.1. The van der Waals surface area contributed by atoms with E-state index < -0.39 is 12.6 Å². The number of likely N-dealkylation sites (N-methyl/N-ethyl adjacent to an activating group) is 1. The van der Waals surface area contributed by atoms with Gasteiger partial charge in [0.2, 0.25) is 0 Å². The molecule has 2 heterocycles. The van der Waals surface area contributed by atoms with E-state index in [1.54, 1.807) is 19.1 Å². The van der Waals surface area contributed by atoms with Crippen molar-refractivity contribution in [2.24, 2.45) is 0 Å². The molecule has 26 heavy (non-hydrogen) atoms. The van der Waals surface area contributed by atoms with Crippen LogP contribution in [0.2, 0.25) is 0 Å². The van der Waals surface area contributed by atoms with Crippen molar-refractivity contribution in [3.63, 3.8) is 0 Å². The molecule has 0 radical (unpaired) electrons. The van der Waals surface area contributed by atoms with Crippen LogP contribution < -0.4 is 4.74 Å². The molecule has 0 aliphatic carbocycles. The van der Waals surface area contributed by atoms with Crippen molar-refractivity contribution < 1.29 is 28.8 Å². The standard InChI is InChI=1S/C18H22N2O6/c1-11-15(26-18(22)24-11)10-23-17(21)25-14-6-4-5-13-16(14)12(9-19-13)7-8-20(2)3/h4-6,9,18-19,22H,7-8,10H2,1-3H3. The Kier molecular flexibility index (Phi) is 5.34. The zero-order chi connectivity index (χ0) is 18.7. The Morgan fingerprint density at radius 3 is 2.85 bits per heavy atom. The Labute approximate surface area is 150 Å². The minimum absolute atomic E-state index is 0.182. The maximum Gasteiger partial charge on any atom is 0.514 e. The molecule has 8 heteroatoms. The first-order chi connectivity index (χ1) is 12.4. The molecule has 0 saturated carbocycles. The van der Waals surface area contributed by atoms with Gasteiger partial charge in [0.15, 0.2) is 12.4 Å². The smallest absolute Gasteiger partial charge is 0.433 e. The highest BCUT2D eigenvalue weighted by Gasteiger charge is 2.23. The number of hydrogen-bond donors (Lipinski definition) is 2. The molecule has 1 aromatic heterocycles. The lowest BCUT2D eigenvalue weighted by Gasteiger charge is -2.10. The maximum atomic E-state index is 12.1. The van der Waals surface area contributed by atoms with Crippen LogP contribution >= 0.6 is 0 Å². The highest BCUT2D eigenvalue weighted by atomic mass is 16.8. The van der Waals surface area contributed by atoms with E-state index >= 15 is 0 Å². The number of aliphatic hydroxyl groups is 1. The van der Waals surface area contributed by atoms with Gasteiger partial charge >= 0.3 is 12.6 Å². The van der Waals surface area contributed by atoms with E-state index in [1.807, 2.05) is 26.4 Å². The predicted octanol–water partition coefficient (Wildman–Crippen LogP) is 2.34. The van der Waals surface area contributed by atoms with Crippen molar-refractivity contribution in [2.75, 3.05) is 27.2 Å². The SMILES string of the molecule is CC1=C(COC(=O)Oc2cccc3[nH]cc(CCN(C)C)c23)OC(O)O1. The summed E-state index contributed by atoms with van der Waals surface area (Å²) in [4.78, 5) is 17.3. The maximum absolute atomic E-state index is 12.1. The second kappa shape index (κ2) is 7.67. The van der Waals surface area contributed by atoms with Crippen LogP contribution in [0.3, 0.4) is 0 Å². The molecule has 0 fully saturated rings. The molecular weight excluding hydrogens is 340 g/mol. The van der Waals surface area contributed by atoms with E-state index in [-0.39, 0.29) is 12.4 Å². The Morgan fingerprint density at radius 2 is 2.15 bits per heavy atom. The molecule has 1 atom stereocenters. The number of fused-ring (bicyclic) bond motifs is 1. The Hall–Kier alpha value is -2.71. The molecule has 1 aliphatic rings. The molecule has 1 unspecified atom stereocenters. The van der Waals surface area contributed by atoms with Crippen LogP contribution in [0.15, 0.2) is 35.9 Å². The molecule has 1 aromatic carbocycles. The van der Waals surface area contributed by atoms with E-state index in [0.717, 1.165) is 29.4 Å². The fourth-order valence-electron chi connectivity index (χ4n) is 2.67. The molecule has 0 bridgehead atoms. The summed E-state index contributed by atoms with van der Waals surface area (Å²) >= 11 is 0. The molecule has 8 nitrogen and oxygen atoms in total. The number of nitrogens with zero attached hydrogens (tertiary/aromatic N) is 1. The van der Waals surface area contributed by atoms with E-state index in [1.165, 1.54) is 0 Å². The van der Waals surface area contributed by atoms with E-state index in [4.69, 9.17) is 18.9 Å². The summed E-state index contributed by atoms with van der Waals surface area (Å²) in [6.07, 6.45) is 1.88. The molecule has 0 spiro atoms. The lowest BCUT2D eigenvalue weighted by molar-refractivity contribution is -0.194. The number of hydrogen-bond acceptors (Lipinski definition) is 7. The van der Waals surface area contributed by atoms with Crippen molar-refractivity contribution >= 4 is 17.1 Å². The molecule has 0 saturated heterocycles. The molecule has 0 amide bonds. The Bertz CT molecular complexity index is 826. The number of ether oxygens (including phenoxy) is 4. The number of benzene rings is 1. The van der Waals surface area contributed by atoms with Crippen LogP contribution in [0.4, 0.5) is 4.79 Å². The highest BCUT2D eigenvalue weighted by Crippen LogP contribution is 2.29. The lowest BCUT2D eigenvalue weighted by Crippen LogP contribution is -2.15. The van der Waals surface area contributed by atoms with E-state index in [9.17, 15) is 9.90 Å². The third-order valence-electron chi connectivity index (χ3n) is 4.01. The zero-order valence-electron chi connectivity index (χ0n) is 14.9. The fourth-order valence-corrected chi connectivity index (χ4v) is 2.67. The normalized spacial score (nSPS) is 16.7. The number of rotatable bonds is 6. The van der Waals surface area contributed by atoms with Crippen LogP contribution in [-0.2, 0) is 20.6 Å². The molecule has 140 valence electrons. The number of H-pyrrole nitrogens is 1. The summed E-state index contributed by atoms with van der Waals surface area (Å²) in [5.41, 5.74) is 1.95. The van der Waals surface area contributed by atoms with Gasteiger partial charge in [0, 0.05) is 23.6 Å². The summed E-state index contributed by atoms with van der Waals surface area (Å²) in [7, 11) is 4.01. The first-order valence-corrected chi connectivity index (χ1v) is 8.23. The van der Waals surface area contributed by atoms with Crippen molar-refractivity contribution in [1.82, 2.24) is 9.88 Å². The predicted molar refractivity (Wildman–Crippen MR) is 93.4 cm³/mol. The summed E-state index contributed by atoms with van der Waals surface area (Å²) in [6.45, 7) is 0.937. The minimum atomic E-state index is -1.36. The van der Waals surface area contributed by atoms with Crippen molar-refractivity contribution in [1.29, 1.82) is 0 Å². The minimum Gasteiger partial charge on any atom is -0.433 e. The number of carbonyl (C=O) groups excluding carboxylic acids is 1. The third-order valence-corrected chi connectivity index (χ3v) is 4.01. The van der Waals surface area contributed by atoms with Gasteiger partial charge in [-0.15, -0.1) is 0 Å². The van der Waals surface area contributed by atoms with Gasteiger partial charge in [-0.1, -0.05) is 6.07 Å². The number of nitrogens with one attached hydrogen (secondary N) is 1. The van der Waals surface area contributed by atoms with Gasteiger partial charge in [0.1, 0.15) is 11.5 Å². The van der Waals surface area contributed by atoms with Crippen LogP contribution in [-0.4, -0.2) is 54.9 Å². The molecular formula is C18H22N2O6. The zero-order valence-corrected chi connectivity index (χ0v) is 14.9. The second-order valence-corrected chi connectivity index (χ2v) is 6.21. The van der Waals surface area contributed by atoms with E-state index in [0.29, 0.717) is 11.5 Å². The highest BCUT2D eigenvalue weighted by molar-refractivity contribution is 5.90. The Morgan fingerprint density at radius 1 is 1.35 bits per heavy atom. The number of allylic oxidation sites excluding steroid dienone is 1. The summed E-state index contributed by atoms with van der Waals surface area (Å²) in [5, 5.41) is 10.1. The number of carbonyl (C=O) groups is 1. The number of aromatic amines is 1. The first-order valence-electron chi connectivity index (χ1n) is 8.23. The van der Waals surface area contributed by atoms with E-state index in [2.05, 4.69) is 9.88 Å². The monoisotopic (exact) mass is 362 g/mol. The van der Waals surface area contributed by atoms with Gasteiger partial charge in [0.05, 0.1) is 0 Å². The van der Waals surface area contributed by atoms with Gasteiger partial charge in [-0.05, 0) is 45.1 Å². The number of aliphatic hydroxyl groups excluding tert-OH is 1. The van der Waals surface area contributed by atoms with Gasteiger partial charge in [-0.3, -0.25) is 0 Å². The van der Waals surface area contributed by atoms with Gasteiger partial charge in [-0.2, -0.15) is 0 Å². The molecule has 2 aromatic rings. The number of aromatic nitrogens is 1. The van der Waals surface area contributed by atoms with Crippen LogP contribution in [0.1, 0.15) is 12.5 Å². The van der Waals surface area contributed by atoms with Gasteiger partial charge in [-0.25, -0.2) is 4.79 Å². The molecule has 2 N–H and O–H groups in total. The summed E-state index contributed by atoms with van der Waals surface area (Å²) < 4.78 is 20.3. The fraction of sp³-hybridized carbons (Fsp3) is 0.389. The van der Waals surface area contributed by atoms with Gasteiger partial charge < -0.3 is 33.9 Å². The average Bonchev–Trinajstić information content (AvgIpc) is 3.14. The van der Waals surface area contributed by atoms with Crippen molar-refractivity contribution in [2.45, 2.75) is 19.8 Å². The average molecular weight is 362 g/mol. The van der Waals surface area contributed by atoms with Crippen molar-refractivity contribution in [3.05, 3.63) is 41.5 Å². The van der Waals surface area contributed by atoms with Crippen LogP contribution in [0, 0.1) is 0 Å². The summed E-state index contributed by atoms with van der Waals surface area (Å²) in [6, 6.07) is 5.44. The molecule has 3 rings (SSSR count). The van der Waals surface area contributed by atoms with Crippen molar-refractivity contribution in [3.8, 4) is 5.75 Å². The lowest BCUT2D eigenvalue weighted by atomic mass is 10.1. The second-order valence-electron chi connectivity index (χ2n) is 6.21. The van der Waals surface area contributed by atoms with Crippen LogP contribution in [0.5, 0.6) is 5.75 Å².